The van der Waals surface area contributed by atoms with Crippen LogP contribution in [0.15, 0.2) is 24.3 Å². The molecule has 0 radical (unpaired) electrons. The largest absolute Gasteiger partial charge is 0.479 e. The molecule has 2 aromatic carbocycles. The van der Waals surface area contributed by atoms with Crippen molar-refractivity contribution in [3.05, 3.63) is 57.6 Å². The Kier molecular flexibility index (Phi) is 7.58. The highest BCUT2D eigenvalue weighted by atomic mass is 16.5. The zero-order valence-corrected chi connectivity index (χ0v) is 23.7. The molecule has 1 aliphatic carbocycles. The van der Waals surface area contributed by atoms with Gasteiger partial charge < -0.3 is 14.7 Å². The average Bonchev–Trinajstić information content (AvgIpc) is 2.84. The van der Waals surface area contributed by atoms with Gasteiger partial charge in [0.15, 0.2) is 6.10 Å². The molecular formula is C32H43NO4. The fourth-order valence-electron chi connectivity index (χ4n) is 6.33. The molecule has 37 heavy (non-hydrogen) atoms. The van der Waals surface area contributed by atoms with E-state index < -0.39 is 17.7 Å². The van der Waals surface area contributed by atoms with Crippen LogP contribution in [0.5, 0.6) is 0 Å². The van der Waals surface area contributed by atoms with E-state index in [0.29, 0.717) is 13.1 Å². The van der Waals surface area contributed by atoms with Gasteiger partial charge in [0.2, 0.25) is 5.91 Å². The van der Waals surface area contributed by atoms with Crippen molar-refractivity contribution in [3.63, 3.8) is 0 Å². The molecule has 1 amide bonds. The lowest BCUT2D eigenvalue weighted by Crippen LogP contribution is -2.46. The predicted molar refractivity (Wildman–Crippen MR) is 148 cm³/mol. The first-order valence-electron chi connectivity index (χ1n) is 13.7. The Morgan fingerprint density at radius 3 is 2.16 bits per heavy atom. The Hall–Kier alpha value is -2.66. The Morgan fingerprint density at radius 2 is 1.59 bits per heavy atom. The molecule has 0 saturated heterocycles. The molecule has 1 N–H and O–H groups in total. The summed E-state index contributed by atoms with van der Waals surface area (Å²) in [7, 11) is 0. The number of carbonyl (C=O) groups is 2. The molecule has 1 aliphatic heterocycles. The molecule has 1 saturated carbocycles. The van der Waals surface area contributed by atoms with Gasteiger partial charge in [0.25, 0.3) is 0 Å². The minimum absolute atomic E-state index is 0.270. The smallest absolute Gasteiger partial charge is 0.337 e. The van der Waals surface area contributed by atoms with Crippen LogP contribution in [0.4, 0.5) is 0 Å². The molecule has 5 nitrogen and oxygen atoms in total. The van der Waals surface area contributed by atoms with E-state index in [9.17, 15) is 14.7 Å². The Morgan fingerprint density at radius 1 is 0.973 bits per heavy atom. The Bertz CT molecular complexity index is 1180. The van der Waals surface area contributed by atoms with Crippen molar-refractivity contribution in [2.75, 3.05) is 6.54 Å². The van der Waals surface area contributed by atoms with Crippen molar-refractivity contribution in [2.45, 2.75) is 105 Å². The molecule has 1 atom stereocenters. The molecule has 5 heteroatoms. The number of hydrogen-bond donors (Lipinski definition) is 1. The van der Waals surface area contributed by atoms with Crippen LogP contribution in [0.2, 0.25) is 0 Å². The van der Waals surface area contributed by atoms with Gasteiger partial charge in [-0.25, -0.2) is 4.79 Å². The van der Waals surface area contributed by atoms with Crippen LogP contribution >= 0.6 is 0 Å². The topological polar surface area (TPSA) is 66.8 Å². The first kappa shape index (κ1) is 27.4. The van der Waals surface area contributed by atoms with Crippen LogP contribution in [0.1, 0.15) is 99.3 Å². The van der Waals surface area contributed by atoms with Crippen molar-refractivity contribution in [3.8, 4) is 11.1 Å². The number of carboxylic acids is 1. The normalized spacial score (nSPS) is 18.3. The monoisotopic (exact) mass is 505 g/mol. The molecule has 2 aliphatic rings. The maximum Gasteiger partial charge on any atom is 0.337 e. The number of aliphatic carboxylic acids is 1. The van der Waals surface area contributed by atoms with E-state index in [-0.39, 0.29) is 11.3 Å². The van der Waals surface area contributed by atoms with E-state index in [4.69, 9.17) is 4.74 Å². The number of carboxylic acid groups (broad SMARTS) is 1. The van der Waals surface area contributed by atoms with Crippen LogP contribution in [-0.4, -0.2) is 34.0 Å². The van der Waals surface area contributed by atoms with Crippen molar-refractivity contribution in [2.24, 2.45) is 5.41 Å². The number of rotatable bonds is 5. The van der Waals surface area contributed by atoms with Gasteiger partial charge in [-0.3, -0.25) is 4.79 Å². The average molecular weight is 506 g/mol. The molecule has 200 valence electrons. The first-order chi connectivity index (χ1) is 17.3. The van der Waals surface area contributed by atoms with E-state index in [1.807, 2.05) is 34.6 Å². The molecule has 4 rings (SSSR count). The number of hydrogen-bond acceptors (Lipinski definition) is 3. The van der Waals surface area contributed by atoms with E-state index in [2.05, 4.69) is 43.0 Å². The van der Waals surface area contributed by atoms with Crippen LogP contribution in [0, 0.1) is 26.2 Å². The predicted octanol–water partition coefficient (Wildman–Crippen LogP) is 7.07. The lowest BCUT2D eigenvalue weighted by molar-refractivity contribution is -0.160. The number of amides is 1. The third-order valence-corrected chi connectivity index (χ3v) is 8.36. The summed E-state index contributed by atoms with van der Waals surface area (Å²) in [6, 6.07) is 8.26. The van der Waals surface area contributed by atoms with Gasteiger partial charge in [-0.05, 0) is 94.2 Å². The van der Waals surface area contributed by atoms with Gasteiger partial charge in [-0.2, -0.15) is 0 Å². The fraction of sp³-hybridized carbons (Fsp3) is 0.562. The molecule has 0 bridgehead atoms. The fourth-order valence-corrected chi connectivity index (χ4v) is 6.33. The van der Waals surface area contributed by atoms with E-state index in [1.54, 1.807) is 0 Å². The van der Waals surface area contributed by atoms with Gasteiger partial charge in [0.1, 0.15) is 0 Å². The second-order valence-electron chi connectivity index (χ2n) is 12.4. The molecule has 0 spiro atoms. The number of aryl methyl sites for hydroxylation is 1. The maximum absolute atomic E-state index is 13.7. The van der Waals surface area contributed by atoms with Gasteiger partial charge in [0.05, 0.1) is 5.60 Å². The minimum atomic E-state index is -1.08. The van der Waals surface area contributed by atoms with Crippen LogP contribution in [0.25, 0.3) is 11.1 Å². The van der Waals surface area contributed by atoms with Crippen LogP contribution in [-0.2, 0) is 27.3 Å². The van der Waals surface area contributed by atoms with E-state index in [1.165, 1.54) is 12.0 Å². The number of benzene rings is 2. The molecular weight excluding hydrogens is 462 g/mol. The Labute approximate surface area is 222 Å². The lowest BCUT2D eigenvalue weighted by Gasteiger charge is -2.40. The molecule has 0 aromatic heterocycles. The highest BCUT2D eigenvalue weighted by Gasteiger charge is 2.40. The highest BCUT2D eigenvalue weighted by molar-refractivity contribution is 5.85. The van der Waals surface area contributed by atoms with Crippen molar-refractivity contribution in [1.29, 1.82) is 0 Å². The number of ether oxygens (including phenoxy) is 1. The second kappa shape index (κ2) is 10.2. The number of nitrogens with zero attached hydrogens (tertiary/aromatic N) is 1. The second-order valence-corrected chi connectivity index (χ2v) is 12.4. The summed E-state index contributed by atoms with van der Waals surface area (Å²) >= 11 is 0. The summed E-state index contributed by atoms with van der Waals surface area (Å²) in [6.07, 6.45) is 5.03. The molecule has 1 unspecified atom stereocenters. The minimum Gasteiger partial charge on any atom is -0.479 e. The summed E-state index contributed by atoms with van der Waals surface area (Å²) in [4.78, 5) is 28.4. The van der Waals surface area contributed by atoms with Gasteiger partial charge in [0, 0.05) is 24.1 Å². The zero-order chi connectivity index (χ0) is 27.1. The van der Waals surface area contributed by atoms with Crippen molar-refractivity contribution in [1.82, 2.24) is 4.90 Å². The zero-order valence-electron chi connectivity index (χ0n) is 23.7. The molecule has 1 fully saturated rings. The van der Waals surface area contributed by atoms with E-state index >= 15 is 0 Å². The summed E-state index contributed by atoms with van der Waals surface area (Å²) < 4.78 is 6.19. The third kappa shape index (κ3) is 5.47. The summed E-state index contributed by atoms with van der Waals surface area (Å²) in [6.45, 7) is 15.2. The van der Waals surface area contributed by atoms with Crippen molar-refractivity contribution < 1.29 is 19.4 Å². The van der Waals surface area contributed by atoms with Gasteiger partial charge in [-0.15, -0.1) is 0 Å². The van der Waals surface area contributed by atoms with Gasteiger partial charge >= 0.3 is 5.97 Å². The first-order valence-corrected chi connectivity index (χ1v) is 13.7. The quantitative estimate of drug-likeness (QED) is 0.472. The third-order valence-electron chi connectivity index (χ3n) is 8.36. The standard InChI is InChI=1S/C32H43NO4/c1-20-11-13-23(14-12-20)26-22(3)25-19-33(30(36)32(7)16-9-8-10-17-32)18-15-24(25)21(2)27(26)28(29(34)35)37-31(4,5)6/h11-14,28H,8-10,15-19H2,1-7H3,(H,34,35). The molecule has 2 aromatic rings. The van der Waals surface area contributed by atoms with Crippen LogP contribution in [0.3, 0.4) is 0 Å². The number of fused-ring (bicyclic) bond motifs is 1. The summed E-state index contributed by atoms with van der Waals surface area (Å²) in [5.41, 5.74) is 7.26. The van der Waals surface area contributed by atoms with Crippen LogP contribution < -0.4 is 0 Å². The van der Waals surface area contributed by atoms with Gasteiger partial charge in [-0.1, -0.05) is 56.0 Å². The SMILES string of the molecule is Cc1ccc(-c2c(C)c3c(c(C)c2C(OC(C)(C)C)C(=O)O)CCN(C(=O)C2(C)CCCCC2)C3)cc1. The maximum atomic E-state index is 13.7. The van der Waals surface area contributed by atoms with E-state index in [0.717, 1.165) is 71.0 Å². The Balaban J connectivity index is 1.86. The van der Waals surface area contributed by atoms with Crippen molar-refractivity contribution >= 4 is 11.9 Å². The summed E-state index contributed by atoms with van der Waals surface area (Å²) in [5.74, 6) is -0.709. The number of carbonyl (C=O) groups excluding carboxylic acids is 1. The lowest BCUT2D eigenvalue weighted by atomic mass is 9.74. The summed E-state index contributed by atoms with van der Waals surface area (Å²) in [5, 5.41) is 10.3. The highest BCUT2D eigenvalue weighted by Crippen LogP contribution is 2.44. The molecule has 1 heterocycles.